The highest BCUT2D eigenvalue weighted by Gasteiger charge is 2.17. The van der Waals surface area contributed by atoms with Gasteiger partial charge in [0.15, 0.2) is 0 Å². The Kier molecular flexibility index (Phi) is 3.76. The van der Waals surface area contributed by atoms with Gasteiger partial charge in [-0.05, 0) is 24.4 Å². The molecule has 0 aliphatic carbocycles. The number of aromatic amines is 1. The zero-order valence-electron chi connectivity index (χ0n) is 10.0. The highest BCUT2D eigenvalue weighted by Crippen LogP contribution is 2.31. The molecule has 2 heterocycles. The Morgan fingerprint density at radius 2 is 1.94 bits per heavy atom. The molecule has 0 spiro atoms. The van der Waals surface area contributed by atoms with Gasteiger partial charge in [0.25, 0.3) is 0 Å². The third-order valence-electron chi connectivity index (χ3n) is 3.10. The van der Waals surface area contributed by atoms with E-state index in [9.17, 15) is 0 Å². The van der Waals surface area contributed by atoms with Crippen LogP contribution in [0.25, 0.3) is 10.9 Å². The maximum atomic E-state index is 6.36. The van der Waals surface area contributed by atoms with E-state index in [0.717, 1.165) is 11.2 Å². The highest BCUT2D eigenvalue weighted by molar-refractivity contribution is 7.10. The van der Waals surface area contributed by atoms with Crippen molar-refractivity contribution in [3.8, 4) is 0 Å². The molecule has 3 rings (SSSR count). The van der Waals surface area contributed by atoms with Gasteiger partial charge >= 0.3 is 0 Å². The van der Waals surface area contributed by atoms with Crippen LogP contribution >= 0.6 is 23.7 Å². The second kappa shape index (κ2) is 5.14. The minimum Gasteiger partial charge on any atom is -0.358 e. The van der Waals surface area contributed by atoms with Crippen LogP contribution in [0, 0.1) is 6.92 Å². The van der Waals surface area contributed by atoms with E-state index in [1.807, 2.05) is 12.1 Å². The number of fused-ring (bicyclic) bond motifs is 1. The quantitative estimate of drug-likeness (QED) is 0.731. The van der Waals surface area contributed by atoms with E-state index in [2.05, 4.69) is 41.6 Å². The second-order valence-electron chi connectivity index (χ2n) is 4.20. The van der Waals surface area contributed by atoms with E-state index in [-0.39, 0.29) is 18.4 Å². The molecule has 1 aromatic carbocycles. The van der Waals surface area contributed by atoms with Gasteiger partial charge < -0.3 is 10.7 Å². The standard InChI is InChI=1S/C14H14N2S.ClH/c1-9-13(14(15)12-7-4-8-17-12)10-5-2-3-6-11(10)16-9;/h2-8,14,16H,15H2,1H3;1H/t14-;/m0./s1. The summed E-state index contributed by atoms with van der Waals surface area (Å²) in [4.78, 5) is 4.60. The molecule has 94 valence electrons. The van der Waals surface area contributed by atoms with Crippen LogP contribution in [0.5, 0.6) is 0 Å². The molecule has 0 radical (unpaired) electrons. The third kappa shape index (κ3) is 2.05. The van der Waals surface area contributed by atoms with Crippen molar-refractivity contribution in [2.75, 3.05) is 0 Å². The summed E-state index contributed by atoms with van der Waals surface area (Å²) in [5, 5.41) is 3.30. The Morgan fingerprint density at radius 3 is 2.67 bits per heavy atom. The van der Waals surface area contributed by atoms with Crippen molar-refractivity contribution in [2.24, 2.45) is 5.73 Å². The minimum absolute atomic E-state index is 0. The maximum Gasteiger partial charge on any atom is 0.0669 e. The number of nitrogens with one attached hydrogen (secondary N) is 1. The summed E-state index contributed by atoms with van der Waals surface area (Å²) >= 11 is 1.71. The number of H-pyrrole nitrogens is 1. The van der Waals surface area contributed by atoms with Crippen molar-refractivity contribution in [1.29, 1.82) is 0 Å². The summed E-state index contributed by atoms with van der Waals surface area (Å²) in [7, 11) is 0. The Hall–Kier alpha value is -1.29. The van der Waals surface area contributed by atoms with Crippen molar-refractivity contribution in [3.63, 3.8) is 0 Å². The Balaban J connectivity index is 0.00000120. The van der Waals surface area contributed by atoms with Crippen molar-refractivity contribution >= 4 is 34.6 Å². The largest absolute Gasteiger partial charge is 0.358 e. The molecule has 0 bridgehead atoms. The first-order chi connectivity index (χ1) is 8.27. The normalized spacial score (nSPS) is 12.3. The van der Waals surface area contributed by atoms with Crippen LogP contribution in [0.2, 0.25) is 0 Å². The zero-order chi connectivity index (χ0) is 11.8. The van der Waals surface area contributed by atoms with Gasteiger partial charge in [0.2, 0.25) is 0 Å². The number of benzene rings is 1. The van der Waals surface area contributed by atoms with E-state index >= 15 is 0 Å². The topological polar surface area (TPSA) is 41.8 Å². The fourth-order valence-corrected chi connectivity index (χ4v) is 3.05. The number of aromatic nitrogens is 1. The molecular formula is C14H15ClN2S. The van der Waals surface area contributed by atoms with Gasteiger partial charge in [-0.1, -0.05) is 24.3 Å². The molecule has 0 saturated heterocycles. The molecule has 3 N–H and O–H groups in total. The number of rotatable bonds is 2. The number of hydrogen-bond acceptors (Lipinski definition) is 2. The fraction of sp³-hybridized carbons (Fsp3) is 0.143. The molecule has 0 aliphatic rings. The molecule has 2 nitrogen and oxygen atoms in total. The van der Waals surface area contributed by atoms with Gasteiger partial charge in [0.05, 0.1) is 6.04 Å². The lowest BCUT2D eigenvalue weighted by atomic mass is 10.0. The maximum absolute atomic E-state index is 6.36. The van der Waals surface area contributed by atoms with Gasteiger partial charge in [-0.15, -0.1) is 23.7 Å². The van der Waals surface area contributed by atoms with E-state index < -0.39 is 0 Å². The van der Waals surface area contributed by atoms with Crippen LogP contribution < -0.4 is 5.73 Å². The third-order valence-corrected chi connectivity index (χ3v) is 4.06. The first-order valence-electron chi connectivity index (χ1n) is 5.63. The van der Waals surface area contributed by atoms with E-state index in [1.54, 1.807) is 11.3 Å². The van der Waals surface area contributed by atoms with Crippen LogP contribution in [0.4, 0.5) is 0 Å². The fourth-order valence-electron chi connectivity index (χ4n) is 2.31. The minimum atomic E-state index is -0.0360. The highest BCUT2D eigenvalue weighted by atomic mass is 35.5. The van der Waals surface area contributed by atoms with Crippen molar-refractivity contribution in [1.82, 2.24) is 4.98 Å². The summed E-state index contributed by atoms with van der Waals surface area (Å²) in [5.41, 5.74) is 9.89. The van der Waals surface area contributed by atoms with Gasteiger partial charge in [-0.2, -0.15) is 0 Å². The van der Waals surface area contributed by atoms with Crippen molar-refractivity contribution < 1.29 is 0 Å². The molecule has 18 heavy (non-hydrogen) atoms. The molecule has 0 saturated carbocycles. The lowest BCUT2D eigenvalue weighted by Gasteiger charge is -2.10. The first-order valence-corrected chi connectivity index (χ1v) is 6.51. The lowest BCUT2D eigenvalue weighted by molar-refractivity contribution is 0.889. The van der Waals surface area contributed by atoms with Crippen LogP contribution in [-0.4, -0.2) is 4.98 Å². The monoisotopic (exact) mass is 278 g/mol. The van der Waals surface area contributed by atoms with E-state index in [0.29, 0.717) is 0 Å². The van der Waals surface area contributed by atoms with Gasteiger partial charge in [0, 0.05) is 27.0 Å². The molecule has 4 heteroatoms. The smallest absolute Gasteiger partial charge is 0.0669 e. The predicted molar refractivity (Wildman–Crippen MR) is 80.6 cm³/mol. The van der Waals surface area contributed by atoms with Crippen LogP contribution in [0.1, 0.15) is 22.2 Å². The average Bonchev–Trinajstić information content (AvgIpc) is 2.94. The second-order valence-corrected chi connectivity index (χ2v) is 5.18. The van der Waals surface area contributed by atoms with Gasteiger partial charge in [-0.3, -0.25) is 0 Å². The van der Waals surface area contributed by atoms with E-state index in [1.165, 1.54) is 15.8 Å². The van der Waals surface area contributed by atoms with Gasteiger partial charge in [-0.25, -0.2) is 0 Å². The summed E-state index contributed by atoms with van der Waals surface area (Å²) in [5.74, 6) is 0. The number of halogens is 1. The number of para-hydroxylation sites is 1. The zero-order valence-corrected chi connectivity index (χ0v) is 11.6. The molecule has 2 aromatic heterocycles. The molecule has 3 aromatic rings. The SMILES string of the molecule is Cc1[nH]c2ccccc2c1[C@@H](N)c1cccs1.Cl. The summed E-state index contributed by atoms with van der Waals surface area (Å²) in [6.07, 6.45) is 0. The van der Waals surface area contributed by atoms with Crippen molar-refractivity contribution in [3.05, 3.63) is 57.9 Å². The summed E-state index contributed by atoms with van der Waals surface area (Å²) in [6.45, 7) is 2.09. The average molecular weight is 279 g/mol. The van der Waals surface area contributed by atoms with Gasteiger partial charge in [0.1, 0.15) is 0 Å². The van der Waals surface area contributed by atoms with Crippen LogP contribution in [-0.2, 0) is 0 Å². The predicted octanol–water partition coefficient (Wildman–Crippen LogP) is 4.01. The Morgan fingerprint density at radius 1 is 1.17 bits per heavy atom. The number of nitrogens with two attached hydrogens (primary N) is 1. The summed E-state index contributed by atoms with van der Waals surface area (Å²) in [6, 6.07) is 12.4. The number of thiophene rings is 1. The lowest BCUT2D eigenvalue weighted by Crippen LogP contribution is -2.10. The molecule has 0 fully saturated rings. The number of aryl methyl sites for hydroxylation is 1. The number of hydrogen-bond donors (Lipinski definition) is 2. The first kappa shape index (κ1) is 13.1. The Labute approximate surface area is 116 Å². The van der Waals surface area contributed by atoms with Crippen LogP contribution in [0.3, 0.4) is 0 Å². The Bertz CT molecular complexity index is 643. The molecule has 0 unspecified atom stereocenters. The van der Waals surface area contributed by atoms with Crippen molar-refractivity contribution in [2.45, 2.75) is 13.0 Å². The molecule has 0 amide bonds. The van der Waals surface area contributed by atoms with Crippen LogP contribution in [0.15, 0.2) is 41.8 Å². The molecule has 0 aliphatic heterocycles. The summed E-state index contributed by atoms with van der Waals surface area (Å²) < 4.78 is 0. The molecular weight excluding hydrogens is 264 g/mol. The molecule has 1 atom stereocenters. The van der Waals surface area contributed by atoms with E-state index in [4.69, 9.17) is 5.73 Å².